The van der Waals surface area contributed by atoms with E-state index >= 15 is 0 Å². The number of methoxy groups -OCH3 is 1. The van der Waals surface area contributed by atoms with Gasteiger partial charge in [-0.2, -0.15) is 5.10 Å². The highest BCUT2D eigenvalue weighted by atomic mass is 79.9. The third-order valence-electron chi connectivity index (χ3n) is 2.69. The molecule has 2 aromatic rings. The summed E-state index contributed by atoms with van der Waals surface area (Å²) in [5.74, 6) is 0.0937. The number of benzene rings is 2. The number of rotatable bonds is 4. The highest BCUT2D eigenvalue weighted by Crippen LogP contribution is 2.25. The number of carbonyl (C=O) groups is 1. The summed E-state index contributed by atoms with van der Waals surface area (Å²) in [6.07, 6.45) is 1.47. The molecular weight excluding hydrogens is 352 g/mol. The van der Waals surface area contributed by atoms with Crippen LogP contribution in [-0.2, 0) is 0 Å². The molecule has 7 heteroatoms. The minimum Gasteiger partial charge on any atom is -0.504 e. The van der Waals surface area contributed by atoms with Gasteiger partial charge in [-0.25, -0.2) is 5.43 Å². The minimum absolute atomic E-state index is 0. The van der Waals surface area contributed by atoms with Gasteiger partial charge in [0.05, 0.1) is 13.3 Å². The Morgan fingerprint density at radius 1 is 1.27 bits per heavy atom. The number of phenolic OH excluding ortho intramolecular Hbond substituents is 1. The van der Waals surface area contributed by atoms with E-state index in [1.165, 1.54) is 19.4 Å². The number of hydrazone groups is 1. The number of nitrogens with zero attached hydrogens (tertiary/aromatic N) is 1. The van der Waals surface area contributed by atoms with E-state index in [1.54, 1.807) is 36.4 Å². The molecule has 0 aliphatic heterocycles. The topological polar surface area (TPSA) is 102 Å². The van der Waals surface area contributed by atoms with Crippen molar-refractivity contribution in [1.82, 2.24) is 5.43 Å². The largest absolute Gasteiger partial charge is 0.504 e. The van der Waals surface area contributed by atoms with Gasteiger partial charge in [0.1, 0.15) is 0 Å². The van der Waals surface area contributed by atoms with E-state index in [0.717, 1.165) is 4.47 Å². The zero-order chi connectivity index (χ0) is 15.2. The molecular formula is C15H15BrN2O4. The van der Waals surface area contributed by atoms with Crippen LogP contribution in [0.3, 0.4) is 0 Å². The first kappa shape index (κ1) is 17.7. The monoisotopic (exact) mass is 366 g/mol. The summed E-state index contributed by atoms with van der Waals surface area (Å²) in [6, 6.07) is 11.7. The fraction of sp³-hybridized carbons (Fsp3) is 0.0667. The number of ether oxygens (including phenoxy) is 1. The number of halogens is 1. The third kappa shape index (κ3) is 4.57. The van der Waals surface area contributed by atoms with Crippen molar-refractivity contribution in [3.8, 4) is 11.5 Å². The average Bonchev–Trinajstić information content (AvgIpc) is 2.49. The molecule has 1 amide bonds. The van der Waals surface area contributed by atoms with E-state index in [2.05, 4.69) is 26.5 Å². The predicted octanol–water partition coefficient (Wildman–Crippen LogP) is 2.10. The second-order valence-electron chi connectivity index (χ2n) is 4.14. The summed E-state index contributed by atoms with van der Waals surface area (Å²) in [6.45, 7) is 0. The smallest absolute Gasteiger partial charge is 0.271 e. The Hall–Kier alpha value is -2.38. The third-order valence-corrected chi connectivity index (χ3v) is 3.22. The Morgan fingerprint density at radius 3 is 2.59 bits per heavy atom. The van der Waals surface area contributed by atoms with Gasteiger partial charge in [0, 0.05) is 10.0 Å². The Balaban J connectivity index is 0.00000242. The van der Waals surface area contributed by atoms with Crippen molar-refractivity contribution < 1.29 is 20.1 Å². The van der Waals surface area contributed by atoms with Crippen molar-refractivity contribution in [3.05, 3.63) is 58.1 Å². The SMILES string of the molecule is COc1cc(/C=N/NC(=O)c2ccc(Br)cc2)ccc1O.O. The van der Waals surface area contributed by atoms with Crippen LogP contribution < -0.4 is 10.2 Å². The minimum atomic E-state index is -0.301. The predicted molar refractivity (Wildman–Crippen MR) is 87.5 cm³/mol. The molecule has 2 rings (SSSR count). The quantitative estimate of drug-likeness (QED) is 0.639. The molecule has 0 fully saturated rings. The molecule has 0 heterocycles. The number of aromatic hydroxyl groups is 1. The lowest BCUT2D eigenvalue weighted by molar-refractivity contribution is 0.0955. The molecule has 0 atom stereocenters. The van der Waals surface area contributed by atoms with Gasteiger partial charge in [-0.3, -0.25) is 4.79 Å². The maximum absolute atomic E-state index is 11.8. The lowest BCUT2D eigenvalue weighted by Gasteiger charge is -2.03. The molecule has 2 aromatic carbocycles. The zero-order valence-corrected chi connectivity index (χ0v) is 13.3. The molecule has 0 aliphatic carbocycles. The molecule has 0 saturated carbocycles. The van der Waals surface area contributed by atoms with Crippen LogP contribution in [0.5, 0.6) is 11.5 Å². The normalized spacial score (nSPS) is 10.1. The number of hydrogen-bond acceptors (Lipinski definition) is 4. The molecule has 0 bridgehead atoms. The maximum atomic E-state index is 11.8. The molecule has 116 valence electrons. The van der Waals surface area contributed by atoms with Crippen molar-refractivity contribution in [2.24, 2.45) is 5.10 Å². The molecule has 0 unspecified atom stereocenters. The number of carbonyl (C=O) groups excluding carboxylic acids is 1. The molecule has 0 aliphatic rings. The summed E-state index contributed by atoms with van der Waals surface area (Å²) in [5, 5.41) is 13.3. The molecule has 0 spiro atoms. The van der Waals surface area contributed by atoms with Crippen LogP contribution in [0.4, 0.5) is 0 Å². The van der Waals surface area contributed by atoms with Gasteiger partial charge < -0.3 is 15.3 Å². The van der Waals surface area contributed by atoms with Crippen molar-refractivity contribution >= 4 is 28.1 Å². The molecule has 0 saturated heterocycles. The molecule has 0 aromatic heterocycles. The van der Waals surface area contributed by atoms with E-state index in [0.29, 0.717) is 16.9 Å². The Kier molecular flexibility index (Phi) is 6.55. The van der Waals surface area contributed by atoms with Crippen LogP contribution in [0.25, 0.3) is 0 Å². The average molecular weight is 367 g/mol. The highest BCUT2D eigenvalue weighted by Gasteiger charge is 2.04. The van der Waals surface area contributed by atoms with Gasteiger partial charge in [-0.15, -0.1) is 0 Å². The van der Waals surface area contributed by atoms with E-state index in [9.17, 15) is 9.90 Å². The van der Waals surface area contributed by atoms with Crippen LogP contribution in [0.1, 0.15) is 15.9 Å². The number of hydrogen-bond donors (Lipinski definition) is 2. The van der Waals surface area contributed by atoms with Gasteiger partial charge >= 0.3 is 0 Å². The van der Waals surface area contributed by atoms with Crippen molar-refractivity contribution in [2.45, 2.75) is 0 Å². The zero-order valence-electron chi connectivity index (χ0n) is 11.7. The molecule has 6 nitrogen and oxygen atoms in total. The second kappa shape index (κ2) is 8.16. The van der Waals surface area contributed by atoms with Crippen LogP contribution >= 0.6 is 15.9 Å². The Bertz CT molecular complexity index is 672. The van der Waals surface area contributed by atoms with Crippen molar-refractivity contribution in [2.75, 3.05) is 7.11 Å². The fourth-order valence-electron chi connectivity index (χ4n) is 1.61. The number of phenols is 1. The van der Waals surface area contributed by atoms with Crippen molar-refractivity contribution in [3.63, 3.8) is 0 Å². The second-order valence-corrected chi connectivity index (χ2v) is 5.05. The summed E-state index contributed by atoms with van der Waals surface area (Å²) in [4.78, 5) is 11.8. The Morgan fingerprint density at radius 2 is 1.95 bits per heavy atom. The first-order valence-corrected chi connectivity index (χ1v) is 6.85. The van der Waals surface area contributed by atoms with Crippen LogP contribution in [-0.4, -0.2) is 29.8 Å². The lowest BCUT2D eigenvalue weighted by Crippen LogP contribution is -2.17. The first-order chi connectivity index (χ1) is 10.1. The standard InChI is InChI=1S/C15H13BrN2O3.H2O/c1-21-14-8-10(2-7-13(14)19)9-17-18-15(20)11-3-5-12(16)6-4-11;/h2-9,19H,1H3,(H,18,20);1H2/b17-9+;. The molecule has 0 radical (unpaired) electrons. The van der Waals surface area contributed by atoms with Crippen LogP contribution in [0, 0.1) is 0 Å². The highest BCUT2D eigenvalue weighted by molar-refractivity contribution is 9.10. The lowest BCUT2D eigenvalue weighted by atomic mass is 10.2. The van der Waals surface area contributed by atoms with E-state index in [4.69, 9.17) is 4.74 Å². The van der Waals surface area contributed by atoms with Crippen LogP contribution in [0.2, 0.25) is 0 Å². The van der Waals surface area contributed by atoms with E-state index in [-0.39, 0.29) is 17.1 Å². The molecule has 22 heavy (non-hydrogen) atoms. The van der Waals surface area contributed by atoms with Gasteiger partial charge in [-0.05, 0) is 48.0 Å². The number of nitrogens with one attached hydrogen (secondary N) is 1. The van der Waals surface area contributed by atoms with Crippen LogP contribution in [0.15, 0.2) is 52.0 Å². The summed E-state index contributed by atoms with van der Waals surface area (Å²) in [5.41, 5.74) is 3.64. The van der Waals surface area contributed by atoms with Gasteiger partial charge in [-0.1, -0.05) is 15.9 Å². The fourth-order valence-corrected chi connectivity index (χ4v) is 1.87. The number of amides is 1. The Labute approximate surface area is 135 Å². The maximum Gasteiger partial charge on any atom is 0.271 e. The summed E-state index contributed by atoms with van der Waals surface area (Å²) >= 11 is 3.30. The first-order valence-electron chi connectivity index (χ1n) is 6.06. The van der Waals surface area contributed by atoms with Gasteiger partial charge in [0.2, 0.25) is 0 Å². The summed E-state index contributed by atoms with van der Waals surface area (Å²) in [7, 11) is 1.46. The van der Waals surface area contributed by atoms with E-state index in [1.807, 2.05) is 0 Å². The van der Waals surface area contributed by atoms with Gasteiger partial charge in [0.25, 0.3) is 5.91 Å². The van der Waals surface area contributed by atoms with Gasteiger partial charge in [0.15, 0.2) is 11.5 Å². The van der Waals surface area contributed by atoms with Crippen molar-refractivity contribution in [1.29, 1.82) is 0 Å². The summed E-state index contributed by atoms with van der Waals surface area (Å²) < 4.78 is 5.89. The van der Waals surface area contributed by atoms with E-state index < -0.39 is 0 Å². The molecule has 4 N–H and O–H groups in total.